The van der Waals surface area contributed by atoms with Crippen LogP contribution in [0.2, 0.25) is 0 Å². The van der Waals surface area contributed by atoms with Crippen molar-refractivity contribution >= 4 is 22.8 Å². The molecule has 0 spiro atoms. The van der Waals surface area contributed by atoms with Gasteiger partial charge in [-0.3, -0.25) is 9.89 Å². The summed E-state index contributed by atoms with van der Waals surface area (Å²) in [7, 11) is 0. The number of anilines is 1. The Labute approximate surface area is 198 Å². The van der Waals surface area contributed by atoms with Gasteiger partial charge in [0.2, 0.25) is 0 Å². The van der Waals surface area contributed by atoms with Crippen LogP contribution < -0.4 is 15.0 Å². The van der Waals surface area contributed by atoms with Gasteiger partial charge in [-0.1, -0.05) is 6.92 Å². The molecule has 2 N–H and O–H groups in total. The number of carbonyl (C=O) groups excluding carboxylic acids is 1. The van der Waals surface area contributed by atoms with Crippen molar-refractivity contribution < 1.29 is 9.53 Å². The summed E-state index contributed by atoms with van der Waals surface area (Å²) in [5.74, 6) is 2.06. The zero-order valence-electron chi connectivity index (χ0n) is 20.2. The number of hydrogen-bond acceptors (Lipinski definition) is 8. The molecule has 0 bridgehead atoms. The minimum absolute atomic E-state index is 0.223. The van der Waals surface area contributed by atoms with Gasteiger partial charge in [0.1, 0.15) is 17.8 Å². The molecular weight excluding hydrogens is 432 g/mol. The van der Waals surface area contributed by atoms with Crippen LogP contribution in [0.1, 0.15) is 69.1 Å². The van der Waals surface area contributed by atoms with Crippen LogP contribution in [0.15, 0.2) is 18.6 Å². The molecule has 1 aliphatic heterocycles. The highest BCUT2D eigenvalue weighted by Crippen LogP contribution is 2.38. The lowest BCUT2D eigenvalue weighted by atomic mass is 9.92. The summed E-state index contributed by atoms with van der Waals surface area (Å²) in [6.07, 6.45) is 6.35. The molecule has 1 aliphatic carbocycles. The summed E-state index contributed by atoms with van der Waals surface area (Å²) < 4.78 is 5.92. The Bertz CT molecular complexity index is 1180. The molecule has 5 rings (SSSR count). The monoisotopic (exact) mass is 464 g/mol. The van der Waals surface area contributed by atoms with Crippen molar-refractivity contribution in [1.29, 1.82) is 0 Å². The molecule has 3 aromatic rings. The smallest absolute Gasteiger partial charge is 0.319 e. The van der Waals surface area contributed by atoms with Gasteiger partial charge >= 0.3 is 6.01 Å². The van der Waals surface area contributed by atoms with Gasteiger partial charge < -0.3 is 15.0 Å². The van der Waals surface area contributed by atoms with Crippen molar-refractivity contribution in [2.75, 3.05) is 24.6 Å². The fourth-order valence-electron chi connectivity index (χ4n) is 4.46. The second-order valence-corrected chi connectivity index (χ2v) is 10.5. The summed E-state index contributed by atoms with van der Waals surface area (Å²) in [5, 5.41) is 11.5. The van der Waals surface area contributed by atoms with Gasteiger partial charge in [0.25, 0.3) is 5.91 Å². The van der Waals surface area contributed by atoms with E-state index in [9.17, 15) is 4.79 Å². The first-order chi connectivity index (χ1) is 16.3. The van der Waals surface area contributed by atoms with Gasteiger partial charge in [-0.25, -0.2) is 9.97 Å². The lowest BCUT2D eigenvalue weighted by molar-refractivity contribution is 0.0912. The predicted octanol–water partition coefficient (Wildman–Crippen LogP) is 3.09. The molecule has 34 heavy (non-hydrogen) atoms. The number of aromatic amines is 1. The Balaban J connectivity index is 1.33. The van der Waals surface area contributed by atoms with Gasteiger partial charge in [-0.05, 0) is 51.9 Å². The van der Waals surface area contributed by atoms with E-state index in [1.807, 2.05) is 27.0 Å². The summed E-state index contributed by atoms with van der Waals surface area (Å²) in [4.78, 5) is 32.6. The van der Waals surface area contributed by atoms with Crippen LogP contribution in [0.5, 0.6) is 6.01 Å². The van der Waals surface area contributed by atoms with Gasteiger partial charge in [-0.15, -0.1) is 0 Å². The molecule has 10 nitrogen and oxygen atoms in total. The molecule has 180 valence electrons. The van der Waals surface area contributed by atoms with Gasteiger partial charge in [0.05, 0.1) is 12.0 Å². The van der Waals surface area contributed by atoms with Crippen LogP contribution in [0.4, 0.5) is 5.82 Å². The van der Waals surface area contributed by atoms with Crippen molar-refractivity contribution in [3.05, 3.63) is 30.0 Å². The first-order valence-corrected chi connectivity index (χ1v) is 12.0. The van der Waals surface area contributed by atoms with E-state index in [1.54, 1.807) is 6.07 Å². The molecule has 0 radical (unpaired) electrons. The minimum Gasteiger partial charge on any atom is -0.463 e. The Kier molecular flexibility index (Phi) is 5.83. The summed E-state index contributed by atoms with van der Waals surface area (Å²) in [5.41, 5.74) is 1.76. The van der Waals surface area contributed by atoms with E-state index in [4.69, 9.17) is 4.74 Å². The zero-order chi connectivity index (χ0) is 23.9. The van der Waals surface area contributed by atoms with Crippen LogP contribution >= 0.6 is 0 Å². The minimum atomic E-state index is -0.360. The third kappa shape index (κ3) is 4.95. The summed E-state index contributed by atoms with van der Waals surface area (Å²) in [6, 6.07) is 2.04. The number of nitrogens with one attached hydrogen (secondary N) is 2. The SMILES string of the molecule is C[C@@H]1C[C@@H]1COc1nc(C(=O)NC(C)(C)C)cc(N2CCC(c3[nH]nc4ncncc34)CC2)n1. The van der Waals surface area contributed by atoms with Gasteiger partial charge in [0.15, 0.2) is 5.65 Å². The second kappa shape index (κ2) is 8.81. The summed E-state index contributed by atoms with van der Waals surface area (Å²) >= 11 is 0. The fourth-order valence-corrected chi connectivity index (χ4v) is 4.46. The zero-order valence-corrected chi connectivity index (χ0v) is 20.2. The predicted molar refractivity (Wildman–Crippen MR) is 128 cm³/mol. The molecule has 2 aliphatic rings. The lowest BCUT2D eigenvalue weighted by Gasteiger charge is -2.32. The van der Waals surface area contributed by atoms with Crippen LogP contribution in [0.25, 0.3) is 11.0 Å². The van der Waals surface area contributed by atoms with E-state index in [0.29, 0.717) is 35.7 Å². The molecule has 10 heteroatoms. The second-order valence-electron chi connectivity index (χ2n) is 10.5. The Morgan fingerprint density at radius 2 is 2.03 bits per heavy atom. The van der Waals surface area contributed by atoms with E-state index in [2.05, 4.69) is 47.3 Å². The normalized spacial score (nSPS) is 21.0. The van der Waals surface area contributed by atoms with Crippen molar-refractivity contribution in [3.8, 4) is 6.01 Å². The Morgan fingerprint density at radius 3 is 2.74 bits per heavy atom. The van der Waals surface area contributed by atoms with E-state index < -0.39 is 0 Å². The Hall–Kier alpha value is -3.30. The van der Waals surface area contributed by atoms with E-state index in [0.717, 1.165) is 49.2 Å². The number of amides is 1. The maximum atomic E-state index is 12.9. The van der Waals surface area contributed by atoms with Crippen LogP contribution in [-0.4, -0.2) is 61.3 Å². The van der Waals surface area contributed by atoms with Crippen molar-refractivity contribution in [2.24, 2.45) is 11.8 Å². The van der Waals surface area contributed by atoms with Crippen LogP contribution in [0, 0.1) is 11.8 Å². The average molecular weight is 465 g/mol. The summed E-state index contributed by atoms with van der Waals surface area (Å²) in [6.45, 7) is 10.3. The van der Waals surface area contributed by atoms with E-state index in [1.165, 1.54) is 6.33 Å². The average Bonchev–Trinajstić information content (AvgIpc) is 3.35. The van der Waals surface area contributed by atoms with Crippen LogP contribution in [-0.2, 0) is 0 Å². The molecular formula is C24H32N8O2. The molecule has 0 unspecified atom stereocenters. The number of H-pyrrole nitrogens is 1. The molecule has 1 saturated heterocycles. The third-order valence-corrected chi connectivity index (χ3v) is 6.61. The number of aromatic nitrogens is 6. The number of piperidine rings is 1. The van der Waals surface area contributed by atoms with Crippen molar-refractivity contribution in [3.63, 3.8) is 0 Å². The highest BCUT2D eigenvalue weighted by molar-refractivity contribution is 5.93. The molecule has 0 aromatic carbocycles. The molecule has 1 saturated carbocycles. The van der Waals surface area contributed by atoms with Crippen molar-refractivity contribution in [1.82, 2.24) is 35.5 Å². The first kappa shape index (κ1) is 22.5. The maximum Gasteiger partial charge on any atom is 0.319 e. The highest BCUT2D eigenvalue weighted by Gasteiger charge is 2.33. The Morgan fingerprint density at radius 1 is 1.26 bits per heavy atom. The number of rotatable bonds is 6. The lowest BCUT2D eigenvalue weighted by Crippen LogP contribution is -2.41. The standard InChI is InChI=1S/C24H32N8O2/c1-14-9-16(14)12-34-23-27-18(22(33)29-24(2,3)4)10-19(28-23)32-7-5-15(6-8-32)20-17-11-25-13-26-21(17)31-30-20/h10-11,13-16H,5-9,12H2,1-4H3,(H,29,33)(H,25,26,30,31)/t14-,16-/m1/s1. The number of nitrogens with zero attached hydrogens (tertiary/aromatic N) is 6. The number of ether oxygens (including phenoxy) is 1. The largest absolute Gasteiger partial charge is 0.463 e. The van der Waals surface area contributed by atoms with Gasteiger partial charge in [0, 0.05) is 42.5 Å². The molecule has 2 fully saturated rings. The van der Waals surface area contributed by atoms with E-state index in [-0.39, 0.29) is 17.5 Å². The molecule has 4 heterocycles. The number of hydrogen-bond donors (Lipinski definition) is 2. The number of fused-ring (bicyclic) bond motifs is 1. The molecule has 1 amide bonds. The maximum absolute atomic E-state index is 12.9. The van der Waals surface area contributed by atoms with E-state index >= 15 is 0 Å². The topological polar surface area (TPSA) is 122 Å². The molecule has 2 atom stereocenters. The first-order valence-electron chi connectivity index (χ1n) is 12.0. The van der Waals surface area contributed by atoms with Crippen molar-refractivity contribution in [2.45, 2.75) is 58.4 Å². The van der Waals surface area contributed by atoms with Gasteiger partial charge in [-0.2, -0.15) is 15.1 Å². The fraction of sp³-hybridized carbons (Fsp3) is 0.583. The highest BCUT2D eigenvalue weighted by atomic mass is 16.5. The quantitative estimate of drug-likeness (QED) is 0.571. The number of carbonyl (C=O) groups is 1. The van der Waals surface area contributed by atoms with Crippen LogP contribution in [0.3, 0.4) is 0 Å². The third-order valence-electron chi connectivity index (χ3n) is 6.61. The molecule has 3 aromatic heterocycles.